The van der Waals surface area contributed by atoms with Gasteiger partial charge in [0.2, 0.25) is 0 Å². The average Bonchev–Trinajstić information content (AvgIpc) is 2.78. The molecule has 2 N–H and O–H groups in total. The zero-order valence-corrected chi connectivity index (χ0v) is 19.3. The van der Waals surface area contributed by atoms with Gasteiger partial charge in [-0.15, -0.1) is 0 Å². The van der Waals surface area contributed by atoms with Gasteiger partial charge < -0.3 is 10.0 Å². The topological polar surface area (TPSA) is 90.7 Å². The third-order valence-corrected chi connectivity index (χ3v) is 5.61. The zero-order chi connectivity index (χ0) is 22.9. The maximum absolute atomic E-state index is 12.3. The Bertz CT molecular complexity index is 1050. The van der Waals surface area contributed by atoms with E-state index >= 15 is 0 Å². The number of hydrogen-bond donors (Lipinski definition) is 2. The molecule has 8 heteroatoms. The molecule has 0 saturated carbocycles. The van der Waals surface area contributed by atoms with Gasteiger partial charge in [0.1, 0.15) is 0 Å². The molecule has 0 spiro atoms. The number of likely N-dealkylation sites (N-methyl/N-ethyl adjacent to an activating group) is 1. The molecule has 166 valence electrons. The molecule has 2 aromatic carbocycles. The SMILES string of the molecule is Cc1cc(C)nc(SCc2ccc(C(=O)N/N=C\c3ccc(N(C)CCO)cc3)cc2)n1. The fraction of sp³-hybridized carbons (Fsp3) is 0.250. The minimum absolute atomic E-state index is 0.104. The van der Waals surface area contributed by atoms with E-state index in [2.05, 4.69) is 20.5 Å². The first-order valence-corrected chi connectivity index (χ1v) is 11.2. The molecule has 3 aromatic rings. The summed E-state index contributed by atoms with van der Waals surface area (Å²) in [4.78, 5) is 23.2. The van der Waals surface area contributed by atoms with Crippen molar-refractivity contribution < 1.29 is 9.90 Å². The first-order chi connectivity index (χ1) is 15.4. The number of aliphatic hydroxyl groups excluding tert-OH is 1. The van der Waals surface area contributed by atoms with Crippen molar-refractivity contribution in [2.75, 3.05) is 25.1 Å². The number of anilines is 1. The number of aryl methyl sites for hydroxylation is 2. The second-order valence-electron chi connectivity index (χ2n) is 7.35. The third-order valence-electron chi connectivity index (χ3n) is 4.69. The highest BCUT2D eigenvalue weighted by Gasteiger charge is 2.06. The van der Waals surface area contributed by atoms with Crippen LogP contribution in [-0.4, -0.2) is 47.4 Å². The number of benzene rings is 2. The van der Waals surface area contributed by atoms with Crippen LogP contribution in [-0.2, 0) is 5.75 Å². The van der Waals surface area contributed by atoms with Crippen LogP contribution in [0, 0.1) is 13.8 Å². The van der Waals surface area contributed by atoms with Crippen molar-refractivity contribution >= 4 is 29.6 Å². The Hall–Kier alpha value is -3.23. The van der Waals surface area contributed by atoms with Crippen molar-refractivity contribution in [2.24, 2.45) is 5.10 Å². The third kappa shape index (κ3) is 6.90. The van der Waals surface area contributed by atoms with Crippen molar-refractivity contribution in [3.63, 3.8) is 0 Å². The van der Waals surface area contributed by atoms with Crippen molar-refractivity contribution in [1.82, 2.24) is 15.4 Å². The van der Waals surface area contributed by atoms with Crippen molar-refractivity contribution in [1.29, 1.82) is 0 Å². The number of hydrazone groups is 1. The number of nitrogens with zero attached hydrogens (tertiary/aromatic N) is 4. The molecule has 0 fully saturated rings. The van der Waals surface area contributed by atoms with Crippen LogP contribution in [0.15, 0.2) is 64.9 Å². The summed E-state index contributed by atoms with van der Waals surface area (Å²) in [6.07, 6.45) is 1.60. The van der Waals surface area contributed by atoms with Gasteiger partial charge in [0.05, 0.1) is 12.8 Å². The lowest BCUT2D eigenvalue weighted by atomic mass is 10.1. The second kappa shape index (κ2) is 11.4. The van der Waals surface area contributed by atoms with E-state index in [0.717, 1.165) is 39.1 Å². The summed E-state index contributed by atoms with van der Waals surface area (Å²) in [5, 5.41) is 13.8. The Morgan fingerprint density at radius 1 is 1.09 bits per heavy atom. The van der Waals surface area contributed by atoms with Crippen LogP contribution in [0.25, 0.3) is 0 Å². The number of aromatic nitrogens is 2. The molecule has 0 bridgehead atoms. The first-order valence-electron chi connectivity index (χ1n) is 10.2. The van der Waals surface area contributed by atoms with E-state index in [1.54, 1.807) is 30.1 Å². The van der Waals surface area contributed by atoms with E-state index in [1.807, 2.05) is 68.3 Å². The lowest BCUT2D eigenvalue weighted by Crippen LogP contribution is -2.20. The van der Waals surface area contributed by atoms with Crippen LogP contribution in [0.5, 0.6) is 0 Å². The lowest BCUT2D eigenvalue weighted by molar-refractivity contribution is 0.0955. The van der Waals surface area contributed by atoms with E-state index in [0.29, 0.717) is 12.1 Å². The maximum Gasteiger partial charge on any atom is 0.271 e. The number of nitrogens with one attached hydrogen (secondary N) is 1. The summed E-state index contributed by atoms with van der Waals surface area (Å²) in [5.41, 5.74) is 7.97. The van der Waals surface area contributed by atoms with Gasteiger partial charge in [-0.25, -0.2) is 15.4 Å². The quantitative estimate of drug-likeness (QED) is 0.225. The van der Waals surface area contributed by atoms with Crippen molar-refractivity contribution in [3.05, 3.63) is 82.7 Å². The molecule has 0 atom stereocenters. The summed E-state index contributed by atoms with van der Waals surface area (Å²) in [6.45, 7) is 4.59. The highest BCUT2D eigenvalue weighted by atomic mass is 32.2. The number of rotatable bonds is 9. The monoisotopic (exact) mass is 449 g/mol. The molecule has 3 rings (SSSR count). The summed E-state index contributed by atoms with van der Waals surface area (Å²) < 4.78 is 0. The molecule has 32 heavy (non-hydrogen) atoms. The van der Waals surface area contributed by atoms with Gasteiger partial charge in [-0.2, -0.15) is 5.10 Å². The van der Waals surface area contributed by atoms with Gasteiger partial charge in [0, 0.05) is 42.0 Å². The first kappa shape index (κ1) is 23.4. The molecule has 1 aromatic heterocycles. The number of amides is 1. The molecule has 0 saturated heterocycles. The number of thioether (sulfide) groups is 1. The van der Waals surface area contributed by atoms with Gasteiger partial charge in [-0.05, 0) is 55.3 Å². The molecule has 1 amide bonds. The summed E-state index contributed by atoms with van der Waals surface area (Å²) in [6, 6.07) is 17.1. The normalized spacial score (nSPS) is 11.0. The van der Waals surface area contributed by atoms with Crippen molar-refractivity contribution in [2.45, 2.75) is 24.8 Å². The van der Waals surface area contributed by atoms with Crippen LogP contribution in [0.4, 0.5) is 5.69 Å². The van der Waals surface area contributed by atoms with Gasteiger partial charge in [-0.3, -0.25) is 4.79 Å². The molecule has 0 radical (unpaired) electrons. The minimum atomic E-state index is -0.266. The van der Waals surface area contributed by atoms with Crippen molar-refractivity contribution in [3.8, 4) is 0 Å². The van der Waals surface area contributed by atoms with Crippen LogP contribution >= 0.6 is 11.8 Å². The lowest BCUT2D eigenvalue weighted by Gasteiger charge is -2.17. The average molecular weight is 450 g/mol. The van der Waals surface area contributed by atoms with Gasteiger partial charge >= 0.3 is 0 Å². The van der Waals surface area contributed by atoms with Gasteiger partial charge in [0.25, 0.3) is 5.91 Å². The predicted molar refractivity (Wildman–Crippen MR) is 129 cm³/mol. The Labute approximate surface area is 192 Å². The highest BCUT2D eigenvalue weighted by Crippen LogP contribution is 2.20. The Balaban J connectivity index is 1.51. The van der Waals surface area contributed by atoms with E-state index in [9.17, 15) is 4.79 Å². The molecule has 0 aliphatic rings. The summed E-state index contributed by atoms with van der Waals surface area (Å²) >= 11 is 1.57. The van der Waals surface area contributed by atoms with Crippen LogP contribution < -0.4 is 10.3 Å². The smallest absolute Gasteiger partial charge is 0.271 e. The number of hydrogen-bond acceptors (Lipinski definition) is 7. The number of aliphatic hydroxyl groups is 1. The largest absolute Gasteiger partial charge is 0.395 e. The zero-order valence-electron chi connectivity index (χ0n) is 18.4. The molecular weight excluding hydrogens is 422 g/mol. The minimum Gasteiger partial charge on any atom is -0.395 e. The molecule has 7 nitrogen and oxygen atoms in total. The Morgan fingerprint density at radius 2 is 1.75 bits per heavy atom. The standard InChI is InChI=1S/C24H27N5O2S/c1-17-14-18(2)27-24(26-17)32-16-20-4-8-21(9-5-20)23(31)28-25-15-19-6-10-22(11-7-19)29(3)12-13-30/h4-11,14-15,30H,12-13,16H2,1-3H3,(H,28,31)/b25-15-. The predicted octanol–water partition coefficient (Wildman–Crippen LogP) is 3.58. The number of carbonyl (C=O) groups is 1. The van der Waals surface area contributed by atoms with E-state index in [-0.39, 0.29) is 12.5 Å². The molecule has 0 unspecified atom stereocenters. The molecular formula is C24H27N5O2S. The fourth-order valence-corrected chi connectivity index (χ4v) is 3.89. The fourth-order valence-electron chi connectivity index (χ4n) is 2.98. The molecule has 0 aliphatic heterocycles. The Kier molecular flexibility index (Phi) is 8.35. The maximum atomic E-state index is 12.3. The van der Waals surface area contributed by atoms with E-state index in [1.165, 1.54) is 0 Å². The second-order valence-corrected chi connectivity index (χ2v) is 8.30. The molecule has 1 heterocycles. The van der Waals surface area contributed by atoms with Crippen LogP contribution in [0.1, 0.15) is 32.9 Å². The Morgan fingerprint density at radius 3 is 2.38 bits per heavy atom. The van der Waals surface area contributed by atoms with Gasteiger partial charge in [-0.1, -0.05) is 36.0 Å². The highest BCUT2D eigenvalue weighted by molar-refractivity contribution is 7.98. The summed E-state index contributed by atoms with van der Waals surface area (Å²) in [5.74, 6) is 0.462. The van der Waals surface area contributed by atoms with Gasteiger partial charge in [0.15, 0.2) is 5.16 Å². The van der Waals surface area contributed by atoms with E-state index in [4.69, 9.17) is 5.11 Å². The summed E-state index contributed by atoms with van der Waals surface area (Å²) in [7, 11) is 1.92. The molecule has 0 aliphatic carbocycles. The number of carbonyl (C=O) groups excluding carboxylic acids is 1. The van der Waals surface area contributed by atoms with E-state index < -0.39 is 0 Å². The van der Waals surface area contributed by atoms with Crippen LogP contribution in [0.2, 0.25) is 0 Å². The van der Waals surface area contributed by atoms with Crippen LogP contribution in [0.3, 0.4) is 0 Å².